The molecule has 0 saturated carbocycles. The predicted octanol–water partition coefficient (Wildman–Crippen LogP) is 2.03. The van der Waals surface area contributed by atoms with Crippen molar-refractivity contribution in [3.05, 3.63) is 64.6 Å². The molecule has 2 aromatic carbocycles. The van der Waals surface area contributed by atoms with E-state index in [1.807, 2.05) is 24.4 Å². The first-order valence-electron chi connectivity index (χ1n) is 9.39. The van der Waals surface area contributed by atoms with Crippen LogP contribution in [-0.2, 0) is 17.8 Å². The van der Waals surface area contributed by atoms with Gasteiger partial charge in [-0.3, -0.25) is 9.59 Å². The molecule has 0 saturated heterocycles. The summed E-state index contributed by atoms with van der Waals surface area (Å²) in [5.41, 5.74) is 2.45. The molecule has 4 aromatic rings. The average Bonchev–Trinajstić information content (AvgIpc) is 3.15. The third-order valence-corrected chi connectivity index (χ3v) is 4.87. The summed E-state index contributed by atoms with van der Waals surface area (Å²) in [4.78, 5) is 27.8. The zero-order valence-electron chi connectivity index (χ0n) is 16.0. The van der Waals surface area contributed by atoms with Crippen LogP contribution in [0, 0.1) is 0 Å². The van der Waals surface area contributed by atoms with E-state index in [2.05, 4.69) is 20.6 Å². The number of aryl methyl sites for hydroxylation is 1. The molecule has 2 N–H and O–H groups in total. The second kappa shape index (κ2) is 8.14. The second-order valence-electron chi connectivity index (χ2n) is 6.71. The molecule has 0 aliphatic heterocycles. The van der Waals surface area contributed by atoms with Gasteiger partial charge in [0.1, 0.15) is 11.3 Å². The van der Waals surface area contributed by atoms with E-state index in [0.29, 0.717) is 23.9 Å². The van der Waals surface area contributed by atoms with Crippen molar-refractivity contribution in [1.82, 2.24) is 25.3 Å². The highest BCUT2D eigenvalue weighted by Crippen LogP contribution is 2.23. The lowest BCUT2D eigenvalue weighted by atomic mass is 10.1. The van der Waals surface area contributed by atoms with Crippen molar-refractivity contribution in [3.8, 4) is 5.75 Å². The number of nitrogens with one attached hydrogen (secondary N) is 2. The van der Waals surface area contributed by atoms with Gasteiger partial charge in [0.05, 0.1) is 19.0 Å². The zero-order valence-corrected chi connectivity index (χ0v) is 16.0. The fourth-order valence-electron chi connectivity index (χ4n) is 3.29. The van der Waals surface area contributed by atoms with Gasteiger partial charge in [-0.25, -0.2) is 4.68 Å². The van der Waals surface area contributed by atoms with E-state index < -0.39 is 0 Å². The van der Waals surface area contributed by atoms with Crippen LogP contribution in [0.2, 0.25) is 0 Å². The van der Waals surface area contributed by atoms with E-state index in [4.69, 9.17) is 4.74 Å². The van der Waals surface area contributed by atoms with Gasteiger partial charge >= 0.3 is 0 Å². The number of H-pyrrole nitrogens is 1. The Labute approximate surface area is 166 Å². The normalized spacial score (nSPS) is 11.1. The molecule has 0 spiro atoms. The highest BCUT2D eigenvalue weighted by atomic mass is 16.5. The summed E-state index contributed by atoms with van der Waals surface area (Å²) in [6.45, 7) is 0.689. The van der Waals surface area contributed by atoms with Crippen molar-refractivity contribution in [3.63, 3.8) is 0 Å². The van der Waals surface area contributed by atoms with E-state index >= 15 is 0 Å². The summed E-state index contributed by atoms with van der Waals surface area (Å²) in [5.74, 6) is 0.661. The topological polar surface area (TPSA) is 102 Å². The fourth-order valence-corrected chi connectivity index (χ4v) is 3.29. The molecule has 0 fully saturated rings. The number of rotatable bonds is 7. The van der Waals surface area contributed by atoms with Crippen LogP contribution in [-0.4, -0.2) is 39.5 Å². The molecule has 0 aliphatic rings. The maximum Gasteiger partial charge on any atom is 0.277 e. The smallest absolute Gasteiger partial charge is 0.277 e. The maximum absolute atomic E-state index is 12.4. The molecule has 8 nitrogen and oxygen atoms in total. The molecule has 148 valence electrons. The van der Waals surface area contributed by atoms with Crippen LogP contribution in [0.5, 0.6) is 5.75 Å². The van der Waals surface area contributed by atoms with Crippen LogP contribution in [0.25, 0.3) is 21.8 Å². The van der Waals surface area contributed by atoms with Crippen LogP contribution in [0.3, 0.4) is 0 Å². The Morgan fingerprint density at radius 1 is 1.21 bits per heavy atom. The largest absolute Gasteiger partial charge is 0.497 e. The second-order valence-corrected chi connectivity index (χ2v) is 6.71. The summed E-state index contributed by atoms with van der Waals surface area (Å²) in [7, 11) is 1.64. The van der Waals surface area contributed by atoms with Crippen LogP contribution in [0.15, 0.2) is 53.5 Å². The fraction of sp³-hybridized carbons (Fsp3) is 0.238. The number of hydrogen-bond acceptors (Lipinski definition) is 5. The van der Waals surface area contributed by atoms with Crippen molar-refractivity contribution < 1.29 is 9.53 Å². The van der Waals surface area contributed by atoms with Gasteiger partial charge in [-0.2, -0.15) is 0 Å². The molecule has 0 aliphatic carbocycles. The molecule has 0 unspecified atom stereocenters. The van der Waals surface area contributed by atoms with Crippen molar-refractivity contribution in [1.29, 1.82) is 0 Å². The van der Waals surface area contributed by atoms with Crippen LogP contribution >= 0.6 is 0 Å². The number of ether oxygens (including phenoxy) is 1. The molecular weight excluding hydrogens is 370 g/mol. The molecule has 2 aromatic heterocycles. The number of benzene rings is 2. The summed E-state index contributed by atoms with van der Waals surface area (Å²) in [5, 5.41) is 12.4. The van der Waals surface area contributed by atoms with Crippen molar-refractivity contribution in [2.75, 3.05) is 13.7 Å². The lowest BCUT2D eigenvalue weighted by Gasteiger charge is -2.07. The quantitative estimate of drug-likeness (QED) is 0.502. The van der Waals surface area contributed by atoms with Gasteiger partial charge in [0.15, 0.2) is 0 Å². The SMILES string of the molecule is COc1ccc2[nH]cc(CCNC(=O)CCn3nnc4ccccc4c3=O)c2c1. The standard InChI is InChI=1S/C21H21N5O3/c1-29-15-6-7-18-17(12-15)14(13-23-18)8-10-22-20(27)9-11-26-21(28)16-4-2-3-5-19(16)24-25-26/h2-7,12-13,23H,8-11H2,1H3,(H,22,27). The number of hydrogen-bond donors (Lipinski definition) is 2. The number of carbonyl (C=O) groups is 1. The summed E-state index contributed by atoms with van der Waals surface area (Å²) in [6, 6.07) is 12.9. The van der Waals surface area contributed by atoms with Gasteiger partial charge in [0.25, 0.3) is 5.56 Å². The zero-order chi connectivity index (χ0) is 20.2. The minimum atomic E-state index is -0.240. The minimum absolute atomic E-state index is 0.135. The number of nitrogens with zero attached hydrogens (tertiary/aromatic N) is 3. The van der Waals surface area contributed by atoms with Crippen LogP contribution in [0.4, 0.5) is 0 Å². The number of aromatic amines is 1. The third-order valence-electron chi connectivity index (χ3n) is 4.87. The number of carbonyl (C=O) groups excluding carboxylic acids is 1. The van der Waals surface area contributed by atoms with E-state index in [0.717, 1.165) is 22.2 Å². The van der Waals surface area contributed by atoms with Gasteiger partial charge < -0.3 is 15.0 Å². The summed E-state index contributed by atoms with van der Waals surface area (Å²) < 4.78 is 6.51. The van der Waals surface area contributed by atoms with E-state index in [1.165, 1.54) is 4.68 Å². The van der Waals surface area contributed by atoms with Gasteiger partial charge in [0.2, 0.25) is 5.91 Å². The van der Waals surface area contributed by atoms with Crippen LogP contribution < -0.4 is 15.6 Å². The minimum Gasteiger partial charge on any atom is -0.497 e. The van der Waals surface area contributed by atoms with E-state index in [9.17, 15) is 9.59 Å². The number of amides is 1. The Bertz CT molecular complexity index is 1230. The third kappa shape index (κ3) is 3.96. The Kier molecular flexibility index (Phi) is 5.24. The van der Waals surface area contributed by atoms with Crippen molar-refractivity contribution in [2.24, 2.45) is 0 Å². The molecule has 8 heteroatoms. The number of fused-ring (bicyclic) bond motifs is 2. The number of aromatic nitrogens is 4. The summed E-state index contributed by atoms with van der Waals surface area (Å²) in [6.07, 6.45) is 2.80. The monoisotopic (exact) mass is 391 g/mol. The molecule has 0 bridgehead atoms. The average molecular weight is 391 g/mol. The molecule has 0 radical (unpaired) electrons. The van der Waals surface area contributed by atoms with E-state index in [1.54, 1.807) is 31.4 Å². The van der Waals surface area contributed by atoms with Crippen molar-refractivity contribution >= 4 is 27.7 Å². The lowest BCUT2D eigenvalue weighted by molar-refractivity contribution is -0.121. The Morgan fingerprint density at radius 2 is 2.07 bits per heavy atom. The highest BCUT2D eigenvalue weighted by Gasteiger charge is 2.09. The first-order valence-corrected chi connectivity index (χ1v) is 9.39. The Hall–Kier alpha value is -3.68. The first kappa shape index (κ1) is 18.7. The van der Waals surface area contributed by atoms with Crippen molar-refractivity contribution in [2.45, 2.75) is 19.4 Å². The Morgan fingerprint density at radius 3 is 2.93 bits per heavy atom. The predicted molar refractivity (Wildman–Crippen MR) is 110 cm³/mol. The van der Waals surface area contributed by atoms with Crippen LogP contribution in [0.1, 0.15) is 12.0 Å². The molecule has 1 amide bonds. The lowest BCUT2D eigenvalue weighted by Crippen LogP contribution is -2.30. The number of methoxy groups -OCH3 is 1. The van der Waals surface area contributed by atoms with Gasteiger partial charge in [-0.05, 0) is 42.3 Å². The van der Waals surface area contributed by atoms with E-state index in [-0.39, 0.29) is 24.4 Å². The highest BCUT2D eigenvalue weighted by molar-refractivity contribution is 5.84. The first-order chi connectivity index (χ1) is 14.2. The van der Waals surface area contributed by atoms with Gasteiger partial charge in [-0.15, -0.1) is 5.10 Å². The maximum atomic E-state index is 12.4. The van der Waals surface area contributed by atoms with Gasteiger partial charge in [-0.1, -0.05) is 17.3 Å². The molecular formula is C21H21N5O3. The summed E-state index contributed by atoms with van der Waals surface area (Å²) >= 11 is 0. The Balaban J connectivity index is 1.33. The molecule has 2 heterocycles. The molecule has 0 atom stereocenters. The molecule has 29 heavy (non-hydrogen) atoms. The van der Waals surface area contributed by atoms with Gasteiger partial charge in [0, 0.05) is 30.1 Å². The molecule has 4 rings (SSSR count).